The summed E-state index contributed by atoms with van der Waals surface area (Å²) in [4.78, 5) is 11.1. The predicted octanol–water partition coefficient (Wildman–Crippen LogP) is 2.97. The molecular formula is C12H12Cl2O2. The molecule has 0 N–H and O–H groups in total. The van der Waals surface area contributed by atoms with Crippen LogP contribution in [0.4, 0.5) is 0 Å². The Balaban J connectivity index is 1.76. The van der Waals surface area contributed by atoms with E-state index in [0.717, 1.165) is 5.56 Å². The van der Waals surface area contributed by atoms with Gasteiger partial charge in [0.1, 0.15) is 0 Å². The Labute approximate surface area is 104 Å². The normalized spacial score (nSPS) is 22.9. The van der Waals surface area contributed by atoms with E-state index in [0.29, 0.717) is 19.6 Å². The highest BCUT2D eigenvalue weighted by molar-refractivity contribution is 6.60. The number of hydrogen-bond acceptors (Lipinski definition) is 2. The van der Waals surface area contributed by atoms with Crippen molar-refractivity contribution in [3.63, 3.8) is 0 Å². The van der Waals surface area contributed by atoms with Crippen LogP contribution in [0.5, 0.6) is 0 Å². The van der Waals surface area contributed by atoms with Crippen molar-refractivity contribution in [1.82, 2.24) is 0 Å². The molecule has 0 aliphatic heterocycles. The van der Waals surface area contributed by atoms with E-state index in [-0.39, 0.29) is 11.7 Å². The van der Waals surface area contributed by atoms with Gasteiger partial charge in [-0.25, -0.2) is 0 Å². The average Bonchev–Trinajstić information content (AvgIpc) is 2.29. The highest BCUT2D eigenvalue weighted by Crippen LogP contribution is 2.44. The first-order valence-electron chi connectivity index (χ1n) is 5.13. The zero-order chi connectivity index (χ0) is 11.6. The molecule has 2 rings (SSSR count). The van der Waals surface area contributed by atoms with Crippen molar-refractivity contribution >= 4 is 29.0 Å². The summed E-state index contributed by atoms with van der Waals surface area (Å²) in [6.45, 7) is 0.947. The van der Waals surface area contributed by atoms with E-state index in [9.17, 15) is 4.79 Å². The fraction of sp³-hybridized carbons (Fsp3) is 0.417. The van der Waals surface area contributed by atoms with Gasteiger partial charge in [0.25, 0.3) is 0 Å². The lowest BCUT2D eigenvalue weighted by Gasteiger charge is -2.37. The summed E-state index contributed by atoms with van der Waals surface area (Å²) < 4.78 is 4.26. The predicted molar refractivity (Wildman–Crippen MR) is 63.6 cm³/mol. The van der Waals surface area contributed by atoms with Crippen LogP contribution in [0.3, 0.4) is 0 Å². The molecule has 0 heterocycles. The van der Waals surface area contributed by atoms with E-state index in [2.05, 4.69) is 0 Å². The molecule has 0 aromatic heterocycles. The maximum atomic E-state index is 11.1. The lowest BCUT2D eigenvalue weighted by Crippen LogP contribution is -2.49. The molecule has 1 saturated carbocycles. The van der Waals surface area contributed by atoms with Gasteiger partial charge in [-0.2, -0.15) is 0 Å². The first kappa shape index (κ1) is 11.9. The quantitative estimate of drug-likeness (QED) is 0.777. The molecule has 0 amide bonds. The Morgan fingerprint density at radius 1 is 1.31 bits per heavy atom. The second kappa shape index (κ2) is 4.74. The molecule has 1 aliphatic carbocycles. The van der Waals surface area contributed by atoms with Crippen LogP contribution in [0.25, 0.3) is 0 Å². The van der Waals surface area contributed by atoms with Gasteiger partial charge in [-0.05, 0) is 5.56 Å². The first-order chi connectivity index (χ1) is 7.60. The molecule has 0 spiro atoms. The fourth-order valence-corrected chi connectivity index (χ4v) is 2.08. The van der Waals surface area contributed by atoms with Crippen molar-refractivity contribution in [3.8, 4) is 0 Å². The molecule has 1 atom stereocenters. The van der Waals surface area contributed by atoms with Gasteiger partial charge < -0.3 is 4.74 Å². The number of hydrogen-bond donors (Lipinski definition) is 0. The van der Waals surface area contributed by atoms with Gasteiger partial charge >= 0.3 is 0 Å². The number of ketones is 1. The van der Waals surface area contributed by atoms with E-state index in [1.807, 2.05) is 30.3 Å². The molecule has 0 unspecified atom stereocenters. The van der Waals surface area contributed by atoms with Crippen LogP contribution in [0.15, 0.2) is 30.3 Å². The van der Waals surface area contributed by atoms with Gasteiger partial charge in [-0.15, -0.1) is 0 Å². The zero-order valence-electron chi connectivity index (χ0n) is 8.66. The Hall–Kier alpha value is -0.570. The van der Waals surface area contributed by atoms with Crippen molar-refractivity contribution in [1.29, 1.82) is 0 Å². The van der Waals surface area contributed by atoms with Crippen LogP contribution in [-0.2, 0) is 16.1 Å². The third kappa shape index (κ3) is 2.40. The Bertz CT molecular complexity index is 376. The topological polar surface area (TPSA) is 26.3 Å². The summed E-state index contributed by atoms with van der Waals surface area (Å²) in [5.74, 6) is -0.184. The second-order valence-electron chi connectivity index (χ2n) is 3.95. The number of rotatable bonds is 4. The summed E-state index contributed by atoms with van der Waals surface area (Å²) in [5.41, 5.74) is 1.10. The molecule has 1 aromatic carbocycles. The van der Waals surface area contributed by atoms with Crippen LogP contribution in [0, 0.1) is 5.92 Å². The van der Waals surface area contributed by atoms with Crippen molar-refractivity contribution in [2.45, 2.75) is 17.4 Å². The molecule has 16 heavy (non-hydrogen) atoms. The highest BCUT2D eigenvalue weighted by Gasteiger charge is 2.52. The van der Waals surface area contributed by atoms with Crippen LogP contribution < -0.4 is 0 Å². The number of carbonyl (C=O) groups excluding carboxylic acids is 1. The first-order valence-corrected chi connectivity index (χ1v) is 5.89. The van der Waals surface area contributed by atoms with Crippen molar-refractivity contribution < 1.29 is 9.53 Å². The Morgan fingerprint density at radius 3 is 2.56 bits per heavy atom. The van der Waals surface area contributed by atoms with Crippen LogP contribution >= 0.6 is 23.2 Å². The minimum atomic E-state index is -1.23. The lowest BCUT2D eigenvalue weighted by molar-refractivity contribution is -0.130. The second-order valence-corrected chi connectivity index (χ2v) is 5.33. The number of ether oxygens (including phenoxy) is 1. The number of alkyl halides is 2. The van der Waals surface area contributed by atoms with Gasteiger partial charge in [-0.3, -0.25) is 4.79 Å². The SMILES string of the molecule is O=C1C[C@H](COCc2ccccc2)C1(Cl)Cl. The van der Waals surface area contributed by atoms with E-state index in [1.54, 1.807) is 0 Å². The van der Waals surface area contributed by atoms with Crippen LogP contribution in [0.2, 0.25) is 0 Å². The lowest BCUT2D eigenvalue weighted by atomic mass is 9.83. The molecule has 4 heteroatoms. The van der Waals surface area contributed by atoms with E-state index >= 15 is 0 Å². The third-order valence-electron chi connectivity index (χ3n) is 2.75. The third-order valence-corrected chi connectivity index (χ3v) is 3.79. The molecule has 86 valence electrons. The minimum absolute atomic E-state index is 0.0768. The molecule has 2 nitrogen and oxygen atoms in total. The van der Waals surface area contributed by atoms with Crippen molar-refractivity contribution in [2.24, 2.45) is 5.92 Å². The summed E-state index contributed by atoms with van der Waals surface area (Å²) in [6.07, 6.45) is 0.418. The standard InChI is InChI=1S/C12H12Cl2O2/c13-12(14)10(6-11(12)15)8-16-7-9-4-2-1-3-5-9/h1-5,10H,6-8H2/t10-/m1/s1. The van der Waals surface area contributed by atoms with Crippen LogP contribution in [-0.4, -0.2) is 16.7 Å². The maximum Gasteiger partial charge on any atom is 0.181 e. The van der Waals surface area contributed by atoms with Gasteiger partial charge in [0, 0.05) is 12.3 Å². The summed E-state index contributed by atoms with van der Waals surface area (Å²) in [7, 11) is 0. The van der Waals surface area contributed by atoms with E-state index in [4.69, 9.17) is 27.9 Å². The largest absolute Gasteiger partial charge is 0.376 e. The highest BCUT2D eigenvalue weighted by atomic mass is 35.5. The molecule has 1 aliphatic rings. The molecule has 0 bridgehead atoms. The summed E-state index contributed by atoms with van der Waals surface area (Å²) in [5, 5.41) is 0. The molecular weight excluding hydrogens is 247 g/mol. The summed E-state index contributed by atoms with van der Waals surface area (Å²) >= 11 is 11.7. The van der Waals surface area contributed by atoms with Crippen LogP contribution in [0.1, 0.15) is 12.0 Å². The zero-order valence-corrected chi connectivity index (χ0v) is 10.2. The van der Waals surface area contributed by atoms with Crippen molar-refractivity contribution in [3.05, 3.63) is 35.9 Å². The molecule has 0 saturated heterocycles. The van der Waals surface area contributed by atoms with Crippen molar-refractivity contribution in [2.75, 3.05) is 6.61 Å². The number of carbonyl (C=O) groups is 1. The Morgan fingerprint density at radius 2 is 2.00 bits per heavy atom. The number of Topliss-reactive ketones (excluding diaryl/α,β-unsaturated/α-hetero) is 1. The fourth-order valence-electron chi connectivity index (χ4n) is 1.64. The average molecular weight is 259 g/mol. The summed E-state index contributed by atoms with van der Waals surface area (Å²) in [6, 6.07) is 9.84. The minimum Gasteiger partial charge on any atom is -0.376 e. The van der Waals surface area contributed by atoms with Gasteiger partial charge in [0.15, 0.2) is 10.1 Å². The number of halogens is 2. The molecule has 0 radical (unpaired) electrons. The van der Waals surface area contributed by atoms with Gasteiger partial charge in [-0.1, -0.05) is 53.5 Å². The molecule has 1 aromatic rings. The van der Waals surface area contributed by atoms with Gasteiger partial charge in [0.2, 0.25) is 0 Å². The monoisotopic (exact) mass is 258 g/mol. The maximum absolute atomic E-state index is 11.1. The van der Waals surface area contributed by atoms with E-state index < -0.39 is 4.33 Å². The molecule has 1 fully saturated rings. The van der Waals surface area contributed by atoms with Gasteiger partial charge in [0.05, 0.1) is 13.2 Å². The smallest absolute Gasteiger partial charge is 0.181 e. The Kier molecular flexibility index (Phi) is 3.53. The van der Waals surface area contributed by atoms with E-state index in [1.165, 1.54) is 0 Å². The number of benzene rings is 1.